The molecule has 0 amide bonds. The molecule has 0 radical (unpaired) electrons. The van der Waals surface area contributed by atoms with Crippen LogP contribution in [0.5, 0.6) is 0 Å². The fourth-order valence-corrected chi connectivity index (χ4v) is 1.44. The number of aryl methyl sites for hydroxylation is 1. The number of nitrogens with one attached hydrogen (secondary N) is 1. The summed E-state index contributed by atoms with van der Waals surface area (Å²) in [4.78, 5) is 2.31. The van der Waals surface area contributed by atoms with Crippen LogP contribution in [0.4, 0.5) is 0 Å². The third-order valence-electron chi connectivity index (χ3n) is 2.44. The number of aromatic nitrogens is 3. The second kappa shape index (κ2) is 3.43. The average Bonchev–Trinajstić information content (AvgIpc) is 2.31. The molecule has 2 heterocycles. The van der Waals surface area contributed by atoms with Crippen molar-refractivity contribution >= 4 is 0 Å². The van der Waals surface area contributed by atoms with E-state index in [2.05, 4.69) is 27.6 Å². The molecule has 1 aliphatic rings. The number of nitrogens with zero attached hydrogens (tertiary/aromatic N) is 4. The highest BCUT2D eigenvalue weighted by atomic mass is 15.4. The molecule has 0 atom stereocenters. The summed E-state index contributed by atoms with van der Waals surface area (Å²) in [6.45, 7) is 3.08. The van der Waals surface area contributed by atoms with Crippen LogP contribution in [0.25, 0.3) is 0 Å². The lowest BCUT2D eigenvalue weighted by Crippen LogP contribution is -2.55. The fraction of sp³-hybridized carbons (Fsp3) is 0.750. The molecule has 0 spiro atoms. The Hall–Kier alpha value is -0.940. The standard InChI is InChI=1S/C8H15N5/c1-12(8-3-9-4-8)5-7-6-13(2)11-10-7/h6,8-9H,3-5H2,1-2H3. The Kier molecular flexibility index (Phi) is 2.28. The summed E-state index contributed by atoms with van der Waals surface area (Å²) in [7, 11) is 4.02. The van der Waals surface area contributed by atoms with E-state index in [1.165, 1.54) is 0 Å². The van der Waals surface area contributed by atoms with Gasteiger partial charge in [-0.2, -0.15) is 0 Å². The molecule has 5 nitrogen and oxygen atoms in total. The minimum atomic E-state index is 0.669. The molecule has 5 heteroatoms. The van der Waals surface area contributed by atoms with Crippen LogP contribution in [0.3, 0.4) is 0 Å². The summed E-state index contributed by atoms with van der Waals surface area (Å²) in [6.07, 6.45) is 1.96. The van der Waals surface area contributed by atoms with Crippen molar-refractivity contribution in [3.63, 3.8) is 0 Å². The largest absolute Gasteiger partial charge is 0.314 e. The summed E-state index contributed by atoms with van der Waals surface area (Å²) in [5, 5.41) is 11.2. The lowest BCUT2D eigenvalue weighted by molar-refractivity contribution is 0.171. The van der Waals surface area contributed by atoms with Gasteiger partial charge in [-0.15, -0.1) is 5.10 Å². The van der Waals surface area contributed by atoms with Gasteiger partial charge in [0.1, 0.15) is 0 Å². The van der Waals surface area contributed by atoms with Gasteiger partial charge in [0.05, 0.1) is 5.69 Å². The van der Waals surface area contributed by atoms with Crippen LogP contribution in [0, 0.1) is 0 Å². The van der Waals surface area contributed by atoms with Crippen molar-refractivity contribution in [3.8, 4) is 0 Å². The van der Waals surface area contributed by atoms with Gasteiger partial charge < -0.3 is 5.32 Å². The van der Waals surface area contributed by atoms with E-state index >= 15 is 0 Å². The number of likely N-dealkylation sites (N-methyl/N-ethyl adjacent to an activating group) is 1. The van der Waals surface area contributed by atoms with Crippen LogP contribution in [0.15, 0.2) is 6.20 Å². The van der Waals surface area contributed by atoms with Crippen molar-refractivity contribution in [2.75, 3.05) is 20.1 Å². The first-order valence-corrected chi connectivity index (χ1v) is 4.52. The summed E-state index contributed by atoms with van der Waals surface area (Å²) in [5.41, 5.74) is 1.04. The molecular formula is C8H15N5. The molecule has 1 fully saturated rings. The third kappa shape index (κ3) is 1.87. The first kappa shape index (κ1) is 8.65. The van der Waals surface area contributed by atoms with Crippen molar-refractivity contribution in [1.82, 2.24) is 25.2 Å². The molecule has 72 valence electrons. The molecule has 1 saturated heterocycles. The summed E-state index contributed by atoms with van der Waals surface area (Å²) < 4.78 is 1.74. The molecule has 13 heavy (non-hydrogen) atoms. The summed E-state index contributed by atoms with van der Waals surface area (Å²) in [5.74, 6) is 0. The van der Waals surface area contributed by atoms with Gasteiger partial charge in [-0.3, -0.25) is 9.58 Å². The maximum Gasteiger partial charge on any atom is 0.0967 e. The zero-order valence-electron chi connectivity index (χ0n) is 8.06. The van der Waals surface area contributed by atoms with Crippen LogP contribution >= 0.6 is 0 Å². The molecule has 1 aliphatic heterocycles. The molecule has 1 aromatic heterocycles. The van der Waals surface area contributed by atoms with Crippen molar-refractivity contribution in [2.45, 2.75) is 12.6 Å². The van der Waals surface area contributed by atoms with Gasteiger partial charge >= 0.3 is 0 Å². The Bertz CT molecular complexity index is 278. The van der Waals surface area contributed by atoms with Gasteiger partial charge in [0.25, 0.3) is 0 Å². The van der Waals surface area contributed by atoms with Crippen molar-refractivity contribution in [1.29, 1.82) is 0 Å². The molecule has 0 unspecified atom stereocenters. The van der Waals surface area contributed by atoms with Crippen molar-refractivity contribution in [3.05, 3.63) is 11.9 Å². The van der Waals surface area contributed by atoms with E-state index in [0.717, 1.165) is 25.3 Å². The first-order valence-electron chi connectivity index (χ1n) is 4.52. The lowest BCUT2D eigenvalue weighted by atomic mass is 10.1. The maximum atomic E-state index is 4.05. The van der Waals surface area contributed by atoms with E-state index in [1.807, 2.05) is 13.2 Å². The zero-order valence-corrected chi connectivity index (χ0v) is 8.06. The highest BCUT2D eigenvalue weighted by Gasteiger charge is 2.21. The monoisotopic (exact) mass is 181 g/mol. The SMILES string of the molecule is CN(Cc1cn(C)nn1)C1CNC1. The van der Waals surface area contributed by atoms with Crippen molar-refractivity contribution in [2.24, 2.45) is 7.05 Å². The fourth-order valence-electron chi connectivity index (χ4n) is 1.44. The molecule has 0 aliphatic carbocycles. The topological polar surface area (TPSA) is 46.0 Å². The summed E-state index contributed by atoms with van der Waals surface area (Å²) >= 11 is 0. The molecule has 2 rings (SSSR count). The van der Waals surface area contributed by atoms with E-state index in [4.69, 9.17) is 0 Å². The van der Waals surface area contributed by atoms with Crippen LogP contribution in [0.1, 0.15) is 5.69 Å². The van der Waals surface area contributed by atoms with Gasteiger partial charge in [-0.1, -0.05) is 5.21 Å². The van der Waals surface area contributed by atoms with Crippen LogP contribution in [0.2, 0.25) is 0 Å². The second-order valence-corrected chi connectivity index (χ2v) is 3.61. The van der Waals surface area contributed by atoms with E-state index in [0.29, 0.717) is 6.04 Å². The first-order chi connectivity index (χ1) is 6.25. The summed E-state index contributed by atoms with van der Waals surface area (Å²) in [6, 6.07) is 0.669. The van der Waals surface area contributed by atoms with Crippen molar-refractivity contribution < 1.29 is 0 Å². The predicted octanol–water partition coefficient (Wildman–Crippen LogP) is -0.781. The third-order valence-corrected chi connectivity index (χ3v) is 2.44. The molecule has 0 saturated carbocycles. The van der Waals surface area contributed by atoms with E-state index in [-0.39, 0.29) is 0 Å². The van der Waals surface area contributed by atoms with Gasteiger partial charge in [0.15, 0.2) is 0 Å². The van der Waals surface area contributed by atoms with Crippen LogP contribution in [-0.4, -0.2) is 46.1 Å². The quantitative estimate of drug-likeness (QED) is 0.664. The lowest BCUT2D eigenvalue weighted by Gasteiger charge is -2.35. The number of rotatable bonds is 3. The van der Waals surface area contributed by atoms with Gasteiger partial charge in [-0.25, -0.2) is 0 Å². The van der Waals surface area contributed by atoms with Gasteiger partial charge in [0.2, 0.25) is 0 Å². The van der Waals surface area contributed by atoms with E-state index in [9.17, 15) is 0 Å². The molecule has 0 bridgehead atoms. The number of hydrogen-bond acceptors (Lipinski definition) is 4. The zero-order chi connectivity index (χ0) is 9.26. The Balaban J connectivity index is 1.89. The Labute approximate surface area is 77.7 Å². The second-order valence-electron chi connectivity index (χ2n) is 3.61. The Morgan fingerprint density at radius 2 is 2.46 bits per heavy atom. The number of hydrogen-bond donors (Lipinski definition) is 1. The highest BCUT2D eigenvalue weighted by molar-refractivity contribution is 4.94. The normalized spacial score (nSPS) is 17.8. The van der Waals surface area contributed by atoms with Crippen LogP contribution in [-0.2, 0) is 13.6 Å². The minimum Gasteiger partial charge on any atom is -0.314 e. The maximum absolute atomic E-state index is 4.05. The molecule has 1 aromatic rings. The molecular weight excluding hydrogens is 166 g/mol. The van der Waals surface area contributed by atoms with E-state index < -0.39 is 0 Å². The smallest absolute Gasteiger partial charge is 0.0967 e. The van der Waals surface area contributed by atoms with Gasteiger partial charge in [0, 0.05) is 38.9 Å². The predicted molar refractivity (Wildman–Crippen MR) is 49.1 cm³/mol. The highest BCUT2D eigenvalue weighted by Crippen LogP contribution is 2.05. The van der Waals surface area contributed by atoms with Crippen LogP contribution < -0.4 is 5.32 Å². The molecule has 0 aromatic carbocycles. The average molecular weight is 181 g/mol. The minimum absolute atomic E-state index is 0.669. The Morgan fingerprint density at radius 3 is 2.92 bits per heavy atom. The molecule has 1 N–H and O–H groups in total. The van der Waals surface area contributed by atoms with E-state index in [1.54, 1.807) is 4.68 Å². The van der Waals surface area contributed by atoms with Gasteiger partial charge in [-0.05, 0) is 7.05 Å². The Morgan fingerprint density at radius 1 is 1.69 bits per heavy atom.